The van der Waals surface area contributed by atoms with Crippen molar-refractivity contribution >= 4 is 51.9 Å². The molecule has 0 aliphatic carbocycles. The van der Waals surface area contributed by atoms with E-state index in [1.54, 1.807) is 18.2 Å². The Hall–Kier alpha value is -0.750. The zero-order chi connectivity index (χ0) is 16.4. The standard InChI is InChI=1S/C15H17Cl2N3S2/c1-8(2)20(9(3)4)14-18-13(19-15(21)22-14)10-5-11(16)7-12(17)6-10/h5-9H,1-4H3. The molecule has 0 saturated carbocycles. The van der Waals surface area contributed by atoms with Crippen molar-refractivity contribution in [2.24, 2.45) is 0 Å². The van der Waals surface area contributed by atoms with Crippen molar-refractivity contribution in [1.29, 1.82) is 0 Å². The Labute approximate surface area is 149 Å². The second-order valence-corrected chi connectivity index (χ2v) is 7.92. The van der Waals surface area contributed by atoms with Gasteiger partial charge in [0, 0.05) is 27.7 Å². The molecule has 0 radical (unpaired) electrons. The van der Waals surface area contributed by atoms with E-state index in [9.17, 15) is 0 Å². The highest BCUT2D eigenvalue weighted by atomic mass is 35.5. The predicted octanol–water partition coefficient (Wildman–Crippen LogP) is 5.86. The summed E-state index contributed by atoms with van der Waals surface area (Å²) in [6, 6.07) is 5.90. The zero-order valence-corrected chi connectivity index (χ0v) is 15.9. The summed E-state index contributed by atoms with van der Waals surface area (Å²) in [6.07, 6.45) is 0. The van der Waals surface area contributed by atoms with Gasteiger partial charge in [-0.15, -0.1) is 0 Å². The molecule has 1 aromatic carbocycles. The number of nitrogens with zero attached hydrogens (tertiary/aromatic N) is 3. The Balaban J connectivity index is 2.57. The van der Waals surface area contributed by atoms with Gasteiger partial charge in [-0.1, -0.05) is 34.5 Å². The van der Waals surface area contributed by atoms with Crippen molar-refractivity contribution < 1.29 is 0 Å². The third kappa shape index (κ3) is 4.16. The Morgan fingerprint density at radius 1 is 1.00 bits per heavy atom. The maximum absolute atomic E-state index is 6.07. The maximum atomic E-state index is 6.07. The molecule has 1 heterocycles. The number of anilines is 1. The van der Waals surface area contributed by atoms with E-state index in [1.165, 1.54) is 11.3 Å². The van der Waals surface area contributed by atoms with E-state index in [2.05, 4.69) is 42.6 Å². The van der Waals surface area contributed by atoms with Crippen LogP contribution in [0.2, 0.25) is 10.0 Å². The van der Waals surface area contributed by atoms with Crippen LogP contribution in [0.1, 0.15) is 27.7 Å². The quantitative estimate of drug-likeness (QED) is 0.627. The normalized spacial score (nSPS) is 11.3. The van der Waals surface area contributed by atoms with Crippen LogP contribution in [-0.4, -0.2) is 22.1 Å². The summed E-state index contributed by atoms with van der Waals surface area (Å²) < 4.78 is 0.544. The molecule has 22 heavy (non-hydrogen) atoms. The summed E-state index contributed by atoms with van der Waals surface area (Å²) in [5.41, 5.74) is 0.769. The van der Waals surface area contributed by atoms with Crippen molar-refractivity contribution in [1.82, 2.24) is 9.97 Å². The Morgan fingerprint density at radius 3 is 2.05 bits per heavy atom. The highest BCUT2D eigenvalue weighted by Crippen LogP contribution is 2.29. The largest absolute Gasteiger partial charge is 0.343 e. The minimum atomic E-state index is 0.316. The molecule has 0 fully saturated rings. The minimum absolute atomic E-state index is 0.316. The first-order chi connectivity index (χ1) is 10.3. The van der Waals surface area contributed by atoms with E-state index < -0.39 is 0 Å². The molecule has 118 valence electrons. The van der Waals surface area contributed by atoms with Crippen LogP contribution in [0.5, 0.6) is 0 Å². The van der Waals surface area contributed by atoms with Gasteiger partial charge in [-0.25, -0.2) is 9.97 Å². The summed E-state index contributed by atoms with van der Waals surface area (Å²) in [7, 11) is 0. The van der Waals surface area contributed by atoms with E-state index in [0.29, 0.717) is 31.9 Å². The van der Waals surface area contributed by atoms with Gasteiger partial charge < -0.3 is 4.90 Å². The molecule has 0 amide bonds. The molecular weight excluding hydrogens is 357 g/mol. The van der Waals surface area contributed by atoms with Gasteiger partial charge in [-0.05, 0) is 58.1 Å². The first kappa shape index (κ1) is 17.6. The lowest BCUT2D eigenvalue weighted by Gasteiger charge is -2.31. The third-order valence-electron chi connectivity index (χ3n) is 3.03. The highest BCUT2D eigenvalue weighted by Gasteiger charge is 2.18. The van der Waals surface area contributed by atoms with Gasteiger partial charge >= 0.3 is 0 Å². The van der Waals surface area contributed by atoms with Crippen LogP contribution in [0.15, 0.2) is 18.2 Å². The topological polar surface area (TPSA) is 29.0 Å². The molecule has 0 saturated heterocycles. The van der Waals surface area contributed by atoms with Gasteiger partial charge in [-0.3, -0.25) is 0 Å². The van der Waals surface area contributed by atoms with Gasteiger partial charge in [-0.2, -0.15) is 0 Å². The molecule has 0 aliphatic rings. The van der Waals surface area contributed by atoms with Gasteiger partial charge in [0.1, 0.15) is 0 Å². The minimum Gasteiger partial charge on any atom is -0.343 e. The summed E-state index contributed by atoms with van der Waals surface area (Å²) in [6.45, 7) is 8.53. The first-order valence-corrected chi connectivity index (χ1v) is 8.90. The molecule has 2 rings (SSSR count). The molecule has 0 spiro atoms. The number of benzene rings is 1. The van der Waals surface area contributed by atoms with Crippen molar-refractivity contribution in [3.05, 3.63) is 32.2 Å². The average molecular weight is 374 g/mol. The molecule has 3 nitrogen and oxygen atoms in total. The fourth-order valence-corrected chi connectivity index (χ4v) is 4.07. The summed E-state index contributed by atoms with van der Waals surface area (Å²) in [4.78, 5) is 11.3. The lowest BCUT2D eigenvalue weighted by Crippen LogP contribution is -2.37. The Bertz CT molecular complexity index is 701. The lowest BCUT2D eigenvalue weighted by atomic mass is 10.2. The third-order valence-corrected chi connectivity index (χ3v) is 4.56. The smallest absolute Gasteiger partial charge is 0.190 e. The van der Waals surface area contributed by atoms with Crippen molar-refractivity contribution in [3.8, 4) is 11.4 Å². The van der Waals surface area contributed by atoms with Crippen molar-refractivity contribution in [2.45, 2.75) is 39.8 Å². The van der Waals surface area contributed by atoms with Gasteiger partial charge in [0.05, 0.1) is 0 Å². The van der Waals surface area contributed by atoms with Crippen molar-refractivity contribution in [2.75, 3.05) is 4.90 Å². The number of rotatable bonds is 4. The van der Waals surface area contributed by atoms with Crippen LogP contribution in [0.3, 0.4) is 0 Å². The molecule has 0 atom stereocenters. The number of aromatic nitrogens is 2. The molecule has 0 N–H and O–H groups in total. The van der Waals surface area contributed by atoms with Crippen LogP contribution in [-0.2, 0) is 0 Å². The van der Waals surface area contributed by atoms with Crippen molar-refractivity contribution in [3.63, 3.8) is 0 Å². The van der Waals surface area contributed by atoms with Crippen LogP contribution in [0.4, 0.5) is 5.13 Å². The SMILES string of the molecule is CC(C)N(c1nc(-c2cc(Cl)cc(Cl)c2)nc(=S)s1)C(C)C. The Morgan fingerprint density at radius 2 is 1.55 bits per heavy atom. The van der Waals surface area contributed by atoms with E-state index in [0.717, 1.165) is 10.7 Å². The fraction of sp³-hybridized carbons (Fsp3) is 0.400. The Kier molecular flexibility index (Phi) is 5.77. The van der Waals surface area contributed by atoms with Gasteiger partial charge in [0.25, 0.3) is 0 Å². The monoisotopic (exact) mass is 373 g/mol. The number of hydrogen-bond donors (Lipinski definition) is 0. The molecule has 1 aromatic heterocycles. The van der Waals surface area contributed by atoms with E-state index >= 15 is 0 Å². The molecule has 7 heteroatoms. The molecule has 0 unspecified atom stereocenters. The van der Waals surface area contributed by atoms with Crippen LogP contribution < -0.4 is 4.90 Å². The second-order valence-electron chi connectivity index (χ2n) is 5.45. The van der Waals surface area contributed by atoms with E-state index in [4.69, 9.17) is 35.4 Å². The highest BCUT2D eigenvalue weighted by molar-refractivity contribution is 7.73. The molecule has 0 aliphatic heterocycles. The van der Waals surface area contributed by atoms with Crippen LogP contribution in [0, 0.1) is 3.95 Å². The van der Waals surface area contributed by atoms with Crippen LogP contribution >= 0.6 is 46.8 Å². The zero-order valence-electron chi connectivity index (χ0n) is 12.8. The summed E-state index contributed by atoms with van der Waals surface area (Å²) in [5.74, 6) is 0.550. The van der Waals surface area contributed by atoms with Gasteiger partial charge in [0.15, 0.2) is 14.9 Å². The molecule has 0 bridgehead atoms. The summed E-state index contributed by atoms with van der Waals surface area (Å²) in [5, 5.41) is 1.96. The van der Waals surface area contributed by atoms with Crippen LogP contribution in [0.25, 0.3) is 11.4 Å². The number of halogens is 2. The second kappa shape index (κ2) is 7.21. The van der Waals surface area contributed by atoms with E-state index in [-0.39, 0.29) is 0 Å². The average Bonchev–Trinajstić information content (AvgIpc) is 2.35. The maximum Gasteiger partial charge on any atom is 0.190 e. The summed E-state index contributed by atoms with van der Waals surface area (Å²) >= 11 is 18.9. The van der Waals surface area contributed by atoms with Gasteiger partial charge in [0.2, 0.25) is 0 Å². The molecular formula is C15H17Cl2N3S2. The van der Waals surface area contributed by atoms with E-state index in [1.807, 2.05) is 0 Å². The first-order valence-electron chi connectivity index (χ1n) is 6.92. The fourth-order valence-electron chi connectivity index (χ4n) is 2.29. The number of hydrogen-bond acceptors (Lipinski definition) is 5. The lowest BCUT2D eigenvalue weighted by molar-refractivity contribution is 0.605. The molecule has 2 aromatic rings. The predicted molar refractivity (Wildman–Crippen MR) is 99.0 cm³/mol.